The van der Waals surface area contributed by atoms with Crippen LogP contribution in [0.3, 0.4) is 0 Å². The molecule has 4 aliphatic rings. The highest BCUT2D eigenvalue weighted by Gasteiger charge is 2.51. The van der Waals surface area contributed by atoms with Crippen molar-refractivity contribution < 1.29 is 28.9 Å². The predicted molar refractivity (Wildman–Crippen MR) is 236 cm³/mol. The van der Waals surface area contributed by atoms with E-state index in [1.165, 1.54) is 11.8 Å². The summed E-state index contributed by atoms with van der Waals surface area (Å²) in [7, 11) is 3.47. The topological polar surface area (TPSA) is 106 Å². The molecule has 8 nitrogen and oxygen atoms in total. The molecule has 2 aromatic carbocycles. The van der Waals surface area contributed by atoms with E-state index in [0.717, 1.165) is 107 Å². The number of aliphatic hydroxyl groups excluding tert-OH is 1. The molecule has 2 fully saturated rings. The van der Waals surface area contributed by atoms with E-state index >= 15 is 0 Å². The third kappa shape index (κ3) is 9.25. The lowest BCUT2D eigenvalue weighted by molar-refractivity contribution is -0.117. The van der Waals surface area contributed by atoms with Gasteiger partial charge in [-0.15, -0.1) is 0 Å². The van der Waals surface area contributed by atoms with E-state index in [9.17, 15) is 14.7 Å². The Kier molecular flexibility index (Phi) is 16.1. The second kappa shape index (κ2) is 19.5. The van der Waals surface area contributed by atoms with Gasteiger partial charge >= 0.3 is 0 Å². The van der Waals surface area contributed by atoms with Crippen molar-refractivity contribution in [2.45, 2.75) is 135 Å². The van der Waals surface area contributed by atoms with E-state index in [0.29, 0.717) is 34.1 Å². The minimum Gasteiger partial charge on any atom is -0.509 e. The van der Waals surface area contributed by atoms with Crippen LogP contribution in [-0.4, -0.2) is 65.1 Å². The minimum atomic E-state index is -0.620. The number of aryl methyl sites for hydroxylation is 4. The Morgan fingerprint density at radius 2 is 1.11 bits per heavy atom. The van der Waals surface area contributed by atoms with Gasteiger partial charge in [-0.05, 0) is 153 Å². The molecule has 0 atom stereocenters. The predicted octanol–water partition coefficient (Wildman–Crippen LogP) is 10.3. The Balaban J connectivity index is 0.000000243. The molecule has 2 amide bonds. The number of methoxy groups -OCH3 is 2. The van der Waals surface area contributed by atoms with Crippen LogP contribution in [0.4, 0.5) is 0 Å². The number of halogens is 2. The first-order valence-corrected chi connectivity index (χ1v) is 22.3. The molecule has 2 aromatic rings. The average Bonchev–Trinajstić information content (AvgIpc) is 3.57. The van der Waals surface area contributed by atoms with Crippen LogP contribution < -0.4 is 10.6 Å². The molecular weight excluding hydrogens is 864 g/mol. The first-order valence-electron chi connectivity index (χ1n) is 19.1. The summed E-state index contributed by atoms with van der Waals surface area (Å²) >= 11 is 14.0. The van der Waals surface area contributed by atoms with Crippen LogP contribution in [0.2, 0.25) is 0 Å². The second-order valence-electron chi connectivity index (χ2n) is 14.5. The molecule has 0 radical (unpaired) electrons. The van der Waals surface area contributed by atoms with Gasteiger partial charge in [-0.1, -0.05) is 78.7 Å². The van der Waals surface area contributed by atoms with Crippen LogP contribution in [0.25, 0.3) is 11.1 Å². The summed E-state index contributed by atoms with van der Waals surface area (Å²) in [6.07, 6.45) is 12.1. The number of carbonyl (C=O) groups is 2. The lowest BCUT2D eigenvalue weighted by Gasteiger charge is -2.38. The second-order valence-corrected chi connectivity index (χ2v) is 17.8. The molecule has 2 aliphatic carbocycles. The molecule has 2 aliphatic heterocycles. The summed E-state index contributed by atoms with van der Waals surface area (Å²) in [6, 6.07) is 8.31. The molecule has 2 heterocycles. The Morgan fingerprint density at radius 1 is 0.745 bits per heavy atom. The number of thiocarbonyl (C=S) groups is 1. The third-order valence-electron chi connectivity index (χ3n) is 11.7. The zero-order valence-electron chi connectivity index (χ0n) is 32.5. The van der Waals surface area contributed by atoms with Gasteiger partial charge in [-0.2, -0.15) is 0 Å². The standard InChI is InChI=1S/C22H28BrNO3S2.C20H26BrNO3.CH4/c1-5-13-11-15(23)12-14(6-2)17(13)18-19(27-21(28)29-4)22(24-20(18)25)9-7-16(26-3)8-10-22;1-4-12-10-14(21)11-13(5-2)16(12)17-18(23)20(22-19(17)24)8-6-15(25-3)7-9-20;/h11-12,16H,5-10H2,1-4H3,(H,24,25);10-11,15,23H,4-9H2,1-3H3,(H,22,24);1H4. The number of hydrogen-bond acceptors (Lipinski definition) is 8. The summed E-state index contributed by atoms with van der Waals surface area (Å²) in [6.45, 7) is 8.39. The quantitative estimate of drug-likeness (QED) is 0.214. The van der Waals surface area contributed by atoms with E-state index in [-0.39, 0.29) is 37.2 Å². The molecule has 3 N–H and O–H groups in total. The summed E-state index contributed by atoms with van der Waals surface area (Å²) < 4.78 is 19.7. The van der Waals surface area contributed by atoms with E-state index < -0.39 is 11.1 Å². The van der Waals surface area contributed by atoms with Gasteiger partial charge in [-0.25, -0.2) is 0 Å². The Labute approximate surface area is 354 Å². The fourth-order valence-corrected chi connectivity index (χ4v) is 10.0. The Bertz CT molecular complexity index is 1780. The van der Waals surface area contributed by atoms with Gasteiger partial charge in [0, 0.05) is 23.2 Å². The average molecular weight is 923 g/mol. The third-order valence-corrected chi connectivity index (χ3v) is 13.6. The molecule has 0 aromatic heterocycles. The van der Waals surface area contributed by atoms with E-state index in [1.807, 2.05) is 6.26 Å². The van der Waals surface area contributed by atoms with Gasteiger partial charge < -0.3 is 30.0 Å². The molecule has 0 bridgehead atoms. The van der Waals surface area contributed by atoms with Gasteiger partial charge in [-0.3, -0.25) is 9.59 Å². The van der Waals surface area contributed by atoms with Crippen molar-refractivity contribution in [1.82, 2.24) is 10.6 Å². The van der Waals surface area contributed by atoms with Crippen molar-refractivity contribution in [1.29, 1.82) is 0 Å². The van der Waals surface area contributed by atoms with Crippen molar-refractivity contribution >= 4 is 83.2 Å². The first-order chi connectivity index (χ1) is 25.8. The van der Waals surface area contributed by atoms with Crippen molar-refractivity contribution in [2.75, 3.05) is 20.5 Å². The van der Waals surface area contributed by atoms with Crippen molar-refractivity contribution in [3.8, 4) is 0 Å². The largest absolute Gasteiger partial charge is 0.509 e. The number of benzene rings is 2. The summed E-state index contributed by atoms with van der Waals surface area (Å²) in [5, 5.41) is 17.5. The minimum absolute atomic E-state index is 0. The van der Waals surface area contributed by atoms with Crippen LogP contribution in [-0.2, 0) is 49.5 Å². The van der Waals surface area contributed by atoms with Crippen LogP contribution in [0.5, 0.6) is 0 Å². The fourth-order valence-electron chi connectivity index (χ4n) is 8.66. The molecular formula is C43H58Br2N2O6S2. The number of thioether (sulfide) groups is 1. The number of carbonyl (C=O) groups excluding carboxylic acids is 2. The highest BCUT2D eigenvalue weighted by molar-refractivity contribution is 9.10. The molecule has 2 spiro atoms. The number of ether oxygens (including phenoxy) is 3. The number of aliphatic hydroxyl groups is 1. The fraction of sp³-hybridized carbons (Fsp3) is 0.558. The smallest absolute Gasteiger partial charge is 0.256 e. The van der Waals surface area contributed by atoms with Crippen LogP contribution >= 0.6 is 55.8 Å². The monoisotopic (exact) mass is 920 g/mol. The SMILES string of the molecule is C.CCc1cc(Br)cc(CC)c1C1=C(O)C2(CCC(OC)CC2)NC1=O.CCc1cc(Br)cc(CC)c1C1=C(OC(=S)SC)C2(CCC(OC)CC2)NC1=O. The van der Waals surface area contributed by atoms with Gasteiger partial charge in [0.25, 0.3) is 11.8 Å². The maximum atomic E-state index is 13.4. The number of rotatable bonds is 9. The van der Waals surface area contributed by atoms with E-state index in [1.54, 1.807) is 14.2 Å². The molecule has 6 rings (SSSR count). The van der Waals surface area contributed by atoms with E-state index in [4.69, 9.17) is 26.4 Å². The van der Waals surface area contributed by atoms with Gasteiger partial charge in [0.1, 0.15) is 11.5 Å². The maximum Gasteiger partial charge on any atom is 0.256 e. The zero-order valence-corrected chi connectivity index (χ0v) is 37.3. The van der Waals surface area contributed by atoms with Crippen molar-refractivity contribution in [3.05, 3.63) is 78.1 Å². The normalized spacial score (nSPS) is 24.7. The lowest BCUT2D eigenvalue weighted by Crippen LogP contribution is -2.49. The molecule has 0 unspecified atom stereocenters. The van der Waals surface area contributed by atoms with Crippen LogP contribution in [0, 0.1) is 0 Å². The van der Waals surface area contributed by atoms with E-state index in [2.05, 4.69) is 94.5 Å². The lowest BCUT2D eigenvalue weighted by atomic mass is 9.78. The number of amides is 2. The van der Waals surface area contributed by atoms with Gasteiger partial charge in [0.15, 0.2) is 0 Å². The molecule has 0 saturated heterocycles. The maximum absolute atomic E-state index is 13.4. The summed E-state index contributed by atoms with van der Waals surface area (Å²) in [5.74, 6) is 0.702. The molecule has 12 heteroatoms. The number of nitrogens with one attached hydrogen (secondary N) is 2. The molecule has 55 heavy (non-hydrogen) atoms. The highest BCUT2D eigenvalue weighted by Crippen LogP contribution is 2.47. The van der Waals surface area contributed by atoms with Crippen molar-refractivity contribution in [2.24, 2.45) is 0 Å². The van der Waals surface area contributed by atoms with Gasteiger partial charge in [0.05, 0.1) is 34.4 Å². The summed E-state index contributed by atoms with van der Waals surface area (Å²) in [5.41, 5.74) is 6.36. The Hall–Kier alpha value is -2.22. The van der Waals surface area contributed by atoms with Crippen molar-refractivity contribution in [3.63, 3.8) is 0 Å². The van der Waals surface area contributed by atoms with Crippen LogP contribution in [0.1, 0.15) is 120 Å². The zero-order chi connectivity index (χ0) is 39.4. The highest BCUT2D eigenvalue weighted by atomic mass is 79.9. The number of hydrogen-bond donors (Lipinski definition) is 3. The molecule has 2 saturated carbocycles. The van der Waals surface area contributed by atoms with Crippen LogP contribution in [0.15, 0.2) is 44.7 Å². The summed E-state index contributed by atoms with van der Waals surface area (Å²) in [4.78, 5) is 26.2. The van der Waals surface area contributed by atoms with Gasteiger partial charge in [0.2, 0.25) is 4.38 Å². The first kappa shape index (κ1) is 45.5. The Morgan fingerprint density at radius 3 is 1.49 bits per heavy atom. The molecule has 302 valence electrons.